The summed E-state index contributed by atoms with van der Waals surface area (Å²) in [6, 6.07) is -1.76. The van der Waals surface area contributed by atoms with Crippen molar-refractivity contribution < 1.29 is 38.2 Å². The predicted molar refractivity (Wildman–Crippen MR) is 152 cm³/mol. The fourth-order valence-electron chi connectivity index (χ4n) is 5.37. The number of esters is 3. The van der Waals surface area contributed by atoms with E-state index in [1.807, 2.05) is 0 Å². The van der Waals surface area contributed by atoms with E-state index in [9.17, 15) is 24.0 Å². The molecular formula is C29H50N4O8. The van der Waals surface area contributed by atoms with Gasteiger partial charge in [-0.3, -0.25) is 9.59 Å². The first-order valence-corrected chi connectivity index (χ1v) is 15.3. The standard InChI is InChI=1S/C29H50N4O8/c1-39-27(36)24(33-29(38)32-17-19-41-26(35)21-23-12-6-3-7-13-23)14-8-9-15-30-28(37)31-16-18-40-25(34)20-22-10-4-2-5-11-22/h22-24H,2-21H2,1H3,(H2,30,31,37)(H2,32,33,38). The van der Waals surface area contributed by atoms with Crippen molar-refractivity contribution >= 4 is 30.0 Å². The maximum absolute atomic E-state index is 12.2. The molecule has 0 aromatic heterocycles. The van der Waals surface area contributed by atoms with Crippen molar-refractivity contribution in [2.45, 2.75) is 102 Å². The van der Waals surface area contributed by atoms with Gasteiger partial charge in [-0.15, -0.1) is 0 Å². The molecule has 2 aliphatic rings. The maximum atomic E-state index is 12.2. The van der Waals surface area contributed by atoms with Crippen molar-refractivity contribution in [1.29, 1.82) is 0 Å². The fourth-order valence-corrected chi connectivity index (χ4v) is 5.37. The van der Waals surface area contributed by atoms with Crippen LogP contribution in [0, 0.1) is 11.8 Å². The van der Waals surface area contributed by atoms with E-state index in [0.29, 0.717) is 50.5 Å². The monoisotopic (exact) mass is 582 g/mol. The molecule has 12 nitrogen and oxygen atoms in total. The minimum Gasteiger partial charge on any atom is -0.467 e. The molecule has 2 fully saturated rings. The number of carbonyl (C=O) groups excluding carboxylic acids is 5. The van der Waals surface area contributed by atoms with E-state index >= 15 is 0 Å². The molecular weight excluding hydrogens is 532 g/mol. The van der Waals surface area contributed by atoms with Gasteiger partial charge in [0, 0.05) is 19.4 Å². The van der Waals surface area contributed by atoms with Crippen LogP contribution < -0.4 is 21.3 Å². The first kappa shape index (κ1) is 34.2. The fraction of sp³-hybridized carbons (Fsp3) is 0.828. The van der Waals surface area contributed by atoms with Crippen LogP contribution >= 0.6 is 0 Å². The number of rotatable bonds is 17. The number of methoxy groups -OCH3 is 1. The molecule has 0 heterocycles. The molecule has 0 spiro atoms. The molecule has 1 unspecified atom stereocenters. The van der Waals surface area contributed by atoms with Crippen molar-refractivity contribution in [1.82, 2.24) is 21.3 Å². The van der Waals surface area contributed by atoms with Gasteiger partial charge in [0.25, 0.3) is 0 Å². The maximum Gasteiger partial charge on any atom is 0.328 e. The Balaban J connectivity index is 1.49. The van der Waals surface area contributed by atoms with Gasteiger partial charge in [-0.05, 0) is 56.8 Å². The highest BCUT2D eigenvalue weighted by atomic mass is 16.5. The zero-order chi connectivity index (χ0) is 29.7. The van der Waals surface area contributed by atoms with Crippen LogP contribution in [0.15, 0.2) is 0 Å². The highest BCUT2D eigenvalue weighted by molar-refractivity contribution is 5.83. The van der Waals surface area contributed by atoms with E-state index in [1.54, 1.807) is 0 Å². The molecule has 41 heavy (non-hydrogen) atoms. The summed E-state index contributed by atoms with van der Waals surface area (Å²) in [7, 11) is 1.25. The van der Waals surface area contributed by atoms with E-state index in [1.165, 1.54) is 32.8 Å². The Labute approximate surface area is 243 Å². The Kier molecular flexibility index (Phi) is 17.3. The van der Waals surface area contributed by atoms with E-state index in [4.69, 9.17) is 14.2 Å². The van der Waals surface area contributed by atoms with Crippen molar-refractivity contribution in [3.8, 4) is 0 Å². The van der Waals surface area contributed by atoms with Crippen LogP contribution in [-0.2, 0) is 28.6 Å². The minimum atomic E-state index is -0.842. The van der Waals surface area contributed by atoms with Crippen LogP contribution in [0.4, 0.5) is 9.59 Å². The van der Waals surface area contributed by atoms with Crippen LogP contribution in [0.25, 0.3) is 0 Å². The van der Waals surface area contributed by atoms with Crippen LogP contribution in [0.1, 0.15) is 96.3 Å². The lowest BCUT2D eigenvalue weighted by molar-refractivity contribution is -0.145. The smallest absolute Gasteiger partial charge is 0.328 e. The quantitative estimate of drug-likeness (QED) is 0.115. The lowest BCUT2D eigenvalue weighted by Crippen LogP contribution is -2.47. The Morgan fingerprint density at radius 3 is 1.66 bits per heavy atom. The van der Waals surface area contributed by atoms with E-state index in [-0.39, 0.29) is 44.3 Å². The Morgan fingerprint density at radius 1 is 0.659 bits per heavy atom. The van der Waals surface area contributed by atoms with Crippen LogP contribution in [0.5, 0.6) is 0 Å². The summed E-state index contributed by atoms with van der Waals surface area (Å²) in [6.45, 7) is 0.939. The summed E-state index contributed by atoms with van der Waals surface area (Å²) in [6.07, 6.45) is 13.8. The molecule has 0 radical (unpaired) electrons. The Hall–Kier alpha value is -3.05. The summed E-state index contributed by atoms with van der Waals surface area (Å²) in [5.74, 6) is -0.215. The van der Waals surface area contributed by atoms with E-state index < -0.39 is 18.0 Å². The van der Waals surface area contributed by atoms with E-state index in [2.05, 4.69) is 21.3 Å². The third-order valence-electron chi connectivity index (χ3n) is 7.66. The minimum absolute atomic E-state index is 0.0680. The van der Waals surface area contributed by atoms with E-state index in [0.717, 1.165) is 38.5 Å². The van der Waals surface area contributed by atoms with Crippen molar-refractivity contribution in [2.75, 3.05) is 40.0 Å². The largest absolute Gasteiger partial charge is 0.467 e. The zero-order valence-corrected chi connectivity index (χ0v) is 24.6. The van der Waals surface area contributed by atoms with Gasteiger partial charge in [-0.25, -0.2) is 14.4 Å². The summed E-state index contributed by atoms with van der Waals surface area (Å²) < 4.78 is 15.2. The highest BCUT2D eigenvalue weighted by Crippen LogP contribution is 2.27. The van der Waals surface area contributed by atoms with Crippen LogP contribution in [0.3, 0.4) is 0 Å². The van der Waals surface area contributed by atoms with Gasteiger partial charge in [-0.2, -0.15) is 0 Å². The number of carbonyl (C=O) groups is 5. The lowest BCUT2D eigenvalue weighted by atomic mass is 9.87. The number of ether oxygens (including phenoxy) is 3. The molecule has 1 atom stereocenters. The number of urea groups is 2. The van der Waals surface area contributed by atoms with Crippen molar-refractivity contribution in [3.63, 3.8) is 0 Å². The Bertz CT molecular complexity index is 813. The molecule has 4 N–H and O–H groups in total. The third-order valence-corrected chi connectivity index (χ3v) is 7.66. The van der Waals surface area contributed by atoms with Gasteiger partial charge < -0.3 is 35.5 Å². The second kappa shape index (κ2) is 20.8. The van der Waals surface area contributed by atoms with Crippen LogP contribution in [-0.4, -0.2) is 76.0 Å². The number of nitrogens with one attached hydrogen (secondary N) is 4. The summed E-state index contributed by atoms with van der Waals surface area (Å²) in [4.78, 5) is 60.1. The van der Waals surface area contributed by atoms with Crippen molar-refractivity contribution in [2.24, 2.45) is 11.8 Å². The summed E-state index contributed by atoms with van der Waals surface area (Å²) >= 11 is 0. The first-order chi connectivity index (χ1) is 19.9. The van der Waals surface area contributed by atoms with Gasteiger partial charge in [0.2, 0.25) is 0 Å². The SMILES string of the molecule is COC(=O)C(CCCCNC(=O)NCCOC(=O)CC1CCCCC1)NC(=O)NCCOC(=O)CC1CCCCC1. The molecule has 234 valence electrons. The molecule has 2 saturated carbocycles. The second-order valence-electron chi connectivity index (χ2n) is 11.0. The van der Waals surface area contributed by atoms with Gasteiger partial charge in [0.15, 0.2) is 0 Å². The molecule has 0 bridgehead atoms. The second-order valence-corrected chi connectivity index (χ2v) is 11.0. The summed E-state index contributed by atoms with van der Waals surface area (Å²) in [5, 5.41) is 10.5. The molecule has 0 aliphatic heterocycles. The molecule has 0 saturated heterocycles. The van der Waals surface area contributed by atoms with Gasteiger partial charge in [-0.1, -0.05) is 38.5 Å². The first-order valence-electron chi connectivity index (χ1n) is 15.3. The number of hydrogen-bond acceptors (Lipinski definition) is 8. The number of amides is 4. The predicted octanol–water partition coefficient (Wildman–Crippen LogP) is 3.32. The lowest BCUT2D eigenvalue weighted by Gasteiger charge is -2.20. The molecule has 2 rings (SSSR count). The normalized spacial score (nSPS) is 16.6. The van der Waals surface area contributed by atoms with Gasteiger partial charge in [0.1, 0.15) is 19.3 Å². The van der Waals surface area contributed by atoms with Gasteiger partial charge in [0.05, 0.1) is 20.2 Å². The molecule has 12 heteroatoms. The number of hydrogen-bond donors (Lipinski definition) is 4. The average Bonchev–Trinajstić information content (AvgIpc) is 2.97. The third kappa shape index (κ3) is 16.1. The molecule has 0 aromatic rings. The van der Waals surface area contributed by atoms with Crippen LogP contribution in [0.2, 0.25) is 0 Å². The molecule has 0 aromatic carbocycles. The highest BCUT2D eigenvalue weighted by Gasteiger charge is 2.22. The van der Waals surface area contributed by atoms with Gasteiger partial charge >= 0.3 is 30.0 Å². The van der Waals surface area contributed by atoms with Crippen molar-refractivity contribution in [3.05, 3.63) is 0 Å². The average molecular weight is 583 g/mol. The number of unbranched alkanes of at least 4 members (excludes halogenated alkanes) is 1. The Morgan fingerprint density at radius 2 is 1.15 bits per heavy atom. The topological polar surface area (TPSA) is 161 Å². The molecule has 4 amide bonds. The summed E-state index contributed by atoms with van der Waals surface area (Å²) in [5.41, 5.74) is 0. The molecule has 2 aliphatic carbocycles. The zero-order valence-electron chi connectivity index (χ0n) is 24.6.